The molecule has 0 bridgehead atoms. The molecule has 3 atom stereocenters. The Bertz CT molecular complexity index is 476. The molecule has 0 aromatic heterocycles. The molecule has 0 fully saturated rings. The van der Waals surface area contributed by atoms with Crippen molar-refractivity contribution in [3.05, 3.63) is 33.9 Å². The summed E-state index contributed by atoms with van der Waals surface area (Å²) in [4.78, 5) is 10.5. The third kappa shape index (κ3) is 2.63. The zero-order valence-electron chi connectivity index (χ0n) is 10.9. The van der Waals surface area contributed by atoms with E-state index >= 15 is 0 Å². The monoisotopic (exact) mass is 267 g/mol. The summed E-state index contributed by atoms with van der Waals surface area (Å²) in [6, 6.07) is 5.13. The molecule has 0 aliphatic carbocycles. The number of fused-ring (bicyclic) bond motifs is 1. The van der Waals surface area contributed by atoms with Crippen molar-refractivity contribution in [2.45, 2.75) is 25.6 Å². The van der Waals surface area contributed by atoms with Gasteiger partial charge >= 0.3 is 0 Å². The quantitative estimate of drug-likeness (QED) is 0.664. The van der Waals surface area contributed by atoms with Gasteiger partial charge in [-0.2, -0.15) is 0 Å². The van der Waals surface area contributed by atoms with Crippen LogP contribution in [0.3, 0.4) is 0 Å². The predicted molar refractivity (Wildman–Crippen MR) is 68.0 cm³/mol. The molecular weight excluding hydrogens is 250 g/mol. The summed E-state index contributed by atoms with van der Waals surface area (Å²) in [5, 5.41) is 20.8. The molecule has 1 aliphatic rings. The Morgan fingerprint density at radius 2 is 2.26 bits per heavy atom. The molecule has 0 spiro atoms. The van der Waals surface area contributed by atoms with Crippen LogP contribution in [0.4, 0.5) is 0 Å². The molecule has 1 aliphatic heterocycles. The van der Waals surface area contributed by atoms with Gasteiger partial charge in [0.15, 0.2) is 0 Å². The molecule has 6 heteroatoms. The average Bonchev–Trinajstić information content (AvgIpc) is 2.38. The van der Waals surface area contributed by atoms with Gasteiger partial charge in [0.05, 0.1) is 13.0 Å². The zero-order valence-corrected chi connectivity index (χ0v) is 10.9. The smallest absolute Gasteiger partial charge is 0.211 e. The Kier molecular flexibility index (Phi) is 3.90. The van der Waals surface area contributed by atoms with Gasteiger partial charge in [-0.25, -0.2) is 0 Å². The van der Waals surface area contributed by atoms with Crippen LogP contribution in [0.1, 0.15) is 24.8 Å². The van der Waals surface area contributed by atoms with Crippen LogP contribution >= 0.6 is 0 Å². The van der Waals surface area contributed by atoms with Gasteiger partial charge in [-0.1, -0.05) is 6.92 Å². The van der Waals surface area contributed by atoms with Gasteiger partial charge in [0, 0.05) is 16.4 Å². The number of rotatable bonds is 4. The van der Waals surface area contributed by atoms with Gasteiger partial charge in [-0.3, -0.25) is 10.1 Å². The van der Waals surface area contributed by atoms with Crippen LogP contribution in [0.15, 0.2) is 18.2 Å². The van der Waals surface area contributed by atoms with E-state index in [0.717, 1.165) is 5.56 Å². The second kappa shape index (κ2) is 5.44. The van der Waals surface area contributed by atoms with E-state index in [1.54, 1.807) is 25.3 Å². The first-order valence-corrected chi connectivity index (χ1v) is 6.21. The SMILES string of the molecule is CC[C@H]1C(O)Oc2ccc(OC)cc2[C@H]1C[N+](=O)[O-]. The number of hydrogen-bond donors (Lipinski definition) is 1. The molecule has 104 valence electrons. The lowest BCUT2D eigenvalue weighted by Crippen LogP contribution is -2.38. The predicted octanol–water partition coefficient (Wildman–Crippen LogP) is 1.79. The fourth-order valence-corrected chi connectivity index (χ4v) is 2.58. The minimum Gasteiger partial charge on any atom is -0.497 e. The molecule has 0 saturated heterocycles. The molecule has 6 nitrogen and oxygen atoms in total. The van der Waals surface area contributed by atoms with Crippen LogP contribution in [-0.4, -0.2) is 30.0 Å². The fourth-order valence-electron chi connectivity index (χ4n) is 2.58. The highest BCUT2D eigenvalue weighted by atomic mass is 16.6. The Hall–Kier alpha value is -1.82. The van der Waals surface area contributed by atoms with Crippen molar-refractivity contribution in [3.63, 3.8) is 0 Å². The molecule has 0 radical (unpaired) electrons. The van der Waals surface area contributed by atoms with Gasteiger partial charge in [0.25, 0.3) is 0 Å². The van der Waals surface area contributed by atoms with E-state index in [2.05, 4.69) is 0 Å². The van der Waals surface area contributed by atoms with Crippen molar-refractivity contribution >= 4 is 0 Å². The summed E-state index contributed by atoms with van der Waals surface area (Å²) in [7, 11) is 1.54. The Balaban J connectivity index is 2.44. The third-order valence-corrected chi connectivity index (χ3v) is 3.56. The molecule has 1 heterocycles. The van der Waals surface area contributed by atoms with E-state index in [-0.39, 0.29) is 23.3 Å². The van der Waals surface area contributed by atoms with E-state index in [1.807, 2.05) is 6.92 Å². The number of aliphatic hydroxyl groups excluding tert-OH is 1. The molecule has 0 saturated carbocycles. The summed E-state index contributed by atoms with van der Waals surface area (Å²) < 4.78 is 10.6. The maximum atomic E-state index is 10.9. The number of nitro groups is 1. The van der Waals surface area contributed by atoms with Crippen LogP contribution in [0.5, 0.6) is 11.5 Å². The first-order valence-electron chi connectivity index (χ1n) is 6.21. The van der Waals surface area contributed by atoms with E-state index in [9.17, 15) is 15.2 Å². The van der Waals surface area contributed by atoms with Crippen LogP contribution in [0.25, 0.3) is 0 Å². The average molecular weight is 267 g/mol. The Morgan fingerprint density at radius 1 is 1.53 bits per heavy atom. The second-order valence-corrected chi connectivity index (χ2v) is 4.61. The number of ether oxygens (including phenoxy) is 2. The molecule has 1 aromatic carbocycles. The van der Waals surface area contributed by atoms with Crippen molar-refractivity contribution < 1.29 is 19.5 Å². The topological polar surface area (TPSA) is 81.8 Å². The Morgan fingerprint density at radius 3 is 2.84 bits per heavy atom. The fraction of sp³-hybridized carbons (Fsp3) is 0.538. The number of nitrogens with zero attached hydrogens (tertiary/aromatic N) is 1. The van der Waals surface area contributed by atoms with Crippen molar-refractivity contribution in [2.24, 2.45) is 5.92 Å². The molecule has 1 unspecified atom stereocenters. The largest absolute Gasteiger partial charge is 0.497 e. The minimum atomic E-state index is -1.00. The third-order valence-electron chi connectivity index (χ3n) is 3.56. The summed E-state index contributed by atoms with van der Waals surface area (Å²) in [6.45, 7) is 1.66. The van der Waals surface area contributed by atoms with Crippen molar-refractivity contribution in [1.29, 1.82) is 0 Å². The molecule has 2 rings (SSSR count). The van der Waals surface area contributed by atoms with E-state index in [4.69, 9.17) is 9.47 Å². The Labute approximate surface area is 111 Å². The van der Waals surface area contributed by atoms with Crippen molar-refractivity contribution in [3.8, 4) is 11.5 Å². The van der Waals surface area contributed by atoms with Gasteiger partial charge in [0.2, 0.25) is 12.8 Å². The standard InChI is InChI=1S/C13H17NO5/c1-3-9-11(7-14(16)17)10-6-8(18-2)4-5-12(10)19-13(9)15/h4-6,9,11,13,15H,3,7H2,1-2H3/t9-,11+,13?/m1/s1. The van der Waals surface area contributed by atoms with E-state index in [1.165, 1.54) is 0 Å². The lowest BCUT2D eigenvalue weighted by molar-refractivity contribution is -0.486. The van der Waals surface area contributed by atoms with Crippen LogP contribution < -0.4 is 9.47 Å². The highest BCUT2D eigenvalue weighted by Gasteiger charge is 2.39. The summed E-state index contributed by atoms with van der Waals surface area (Å²) in [6.07, 6.45) is -0.396. The lowest BCUT2D eigenvalue weighted by Gasteiger charge is -2.34. The molecule has 1 aromatic rings. The highest BCUT2D eigenvalue weighted by Crippen LogP contribution is 2.42. The number of aliphatic hydroxyl groups is 1. The first-order chi connectivity index (χ1) is 9.06. The summed E-state index contributed by atoms with van der Waals surface area (Å²) in [5.41, 5.74) is 0.730. The van der Waals surface area contributed by atoms with Crippen LogP contribution in [-0.2, 0) is 0 Å². The first kappa shape index (κ1) is 13.6. The van der Waals surface area contributed by atoms with Gasteiger partial charge < -0.3 is 14.6 Å². The number of methoxy groups -OCH3 is 1. The van der Waals surface area contributed by atoms with Gasteiger partial charge in [-0.15, -0.1) is 0 Å². The van der Waals surface area contributed by atoms with Crippen LogP contribution in [0, 0.1) is 16.0 Å². The van der Waals surface area contributed by atoms with Crippen LogP contribution in [0.2, 0.25) is 0 Å². The summed E-state index contributed by atoms with van der Waals surface area (Å²) >= 11 is 0. The molecule has 19 heavy (non-hydrogen) atoms. The lowest BCUT2D eigenvalue weighted by atomic mass is 9.81. The zero-order chi connectivity index (χ0) is 14.0. The second-order valence-electron chi connectivity index (χ2n) is 4.61. The number of hydrogen-bond acceptors (Lipinski definition) is 5. The maximum absolute atomic E-state index is 10.9. The highest BCUT2D eigenvalue weighted by molar-refractivity contribution is 5.44. The van der Waals surface area contributed by atoms with Crippen molar-refractivity contribution in [1.82, 2.24) is 0 Å². The van der Waals surface area contributed by atoms with Gasteiger partial charge in [-0.05, 0) is 24.6 Å². The molecule has 0 amide bonds. The molecule has 1 N–H and O–H groups in total. The minimum absolute atomic E-state index is 0.223. The van der Waals surface area contributed by atoms with Crippen molar-refractivity contribution in [2.75, 3.05) is 13.7 Å². The summed E-state index contributed by atoms with van der Waals surface area (Å²) in [5.74, 6) is 0.464. The van der Waals surface area contributed by atoms with E-state index < -0.39 is 6.29 Å². The maximum Gasteiger partial charge on any atom is 0.211 e. The van der Waals surface area contributed by atoms with Gasteiger partial charge in [0.1, 0.15) is 11.5 Å². The number of benzene rings is 1. The molecular formula is C13H17NO5. The van der Waals surface area contributed by atoms with E-state index in [0.29, 0.717) is 17.9 Å². The normalized spacial score (nSPS) is 25.3.